The van der Waals surface area contributed by atoms with Crippen LogP contribution in [0.3, 0.4) is 0 Å². The molecule has 20 heteroatoms. The molecule has 4 aliphatic rings. The van der Waals surface area contributed by atoms with Gasteiger partial charge in [-0.2, -0.15) is 13.2 Å². The standard InChI is InChI=1S/C24H18ClF3N2O3.C24H17ClN2O3.C22H23ClN2O2.2C2H6/c25-21-16(3-1-4-18(21)19-10-11-20(31)29-22(19)32)14-6-8-15(9-7-14)17-5-2-12-30(23(17)33)13-24(26,27)28;25-22-16(3-1-5-18(22)19-11-12-21(28)27-24(19)29)14-7-9-15(10-8-14)17-4-2-6-20-23(17)26-13-30-20;23-21-17(5-4-6-18(21)19-11-12-20(26)24-22(19)27)15-7-9-16(10-8-15)25-13-2-1-3-14-25;2*1-2/h1-9,12,19H,10-11,13H2,(H,29,31,32);1-10,13,19H,11-12H2,(H,27,28,29);4-10,19H,1-3,11-14H2,(H,24,26,27);2*1-2H3. The van der Waals surface area contributed by atoms with E-state index in [1.165, 1.54) is 43.5 Å². The molecule has 3 N–H and O–H groups in total. The summed E-state index contributed by atoms with van der Waals surface area (Å²) in [6, 6.07) is 48.7. The zero-order valence-electron chi connectivity index (χ0n) is 52.3. The van der Waals surface area contributed by atoms with Crippen LogP contribution in [0.15, 0.2) is 180 Å². The number of imide groups is 3. The molecule has 6 heterocycles. The number of hydrogen-bond donors (Lipinski definition) is 3. The maximum atomic E-state index is 12.7. The van der Waals surface area contributed by atoms with E-state index in [1.54, 1.807) is 42.5 Å². The van der Waals surface area contributed by atoms with E-state index < -0.39 is 30.1 Å². The van der Waals surface area contributed by atoms with Crippen LogP contribution in [-0.2, 0) is 35.3 Å². The van der Waals surface area contributed by atoms with Crippen LogP contribution in [-0.4, -0.2) is 64.3 Å². The van der Waals surface area contributed by atoms with Crippen molar-refractivity contribution in [2.75, 3.05) is 18.0 Å². The third-order valence-electron chi connectivity index (χ3n) is 16.6. The summed E-state index contributed by atoms with van der Waals surface area (Å²) in [6.45, 7) is 8.87. The number of piperidine rings is 4. The minimum Gasteiger partial charge on any atom is -0.443 e. The van der Waals surface area contributed by atoms with Gasteiger partial charge >= 0.3 is 6.18 Å². The van der Waals surface area contributed by atoms with Gasteiger partial charge in [0.05, 0.1) is 32.8 Å². The molecule has 13 rings (SSSR count). The minimum absolute atomic E-state index is 0.150. The maximum Gasteiger partial charge on any atom is 0.406 e. The first kappa shape index (κ1) is 69.2. The highest BCUT2D eigenvalue weighted by atomic mass is 35.5. The summed E-state index contributed by atoms with van der Waals surface area (Å²) in [4.78, 5) is 90.3. The van der Waals surface area contributed by atoms with Gasteiger partial charge in [-0.25, -0.2) is 4.98 Å². The number of rotatable bonds is 10. The Balaban J connectivity index is 0.000000162. The van der Waals surface area contributed by atoms with E-state index in [4.69, 9.17) is 39.2 Å². The van der Waals surface area contributed by atoms with Crippen molar-refractivity contribution in [1.29, 1.82) is 0 Å². The largest absolute Gasteiger partial charge is 0.443 e. The predicted octanol–water partition coefficient (Wildman–Crippen LogP) is 16.8. The number of carbonyl (C=O) groups is 6. The molecule has 4 saturated heterocycles. The number of aromatic nitrogens is 2. The fourth-order valence-corrected chi connectivity index (χ4v) is 13.1. The Labute approximate surface area is 557 Å². The average molecular weight is 1330 g/mol. The van der Waals surface area contributed by atoms with Gasteiger partial charge in [-0.05, 0) is 113 Å². The SMILES string of the molecule is CC.CC.O=C1CCC(c2cccc(-c3ccc(-c4cccc5ocnc45)cc3)c2Cl)C(=O)N1.O=C1CCC(c2cccc(-c3ccc(-c4cccn(CC(F)(F)F)c4=O)cc3)c2Cl)C(=O)N1.O=C1CCC(c2cccc(-c3ccc(N4CCCCC4)cc3)c2Cl)C(=O)N1. The Bertz CT molecular complexity index is 4280. The number of hydrogen-bond acceptors (Lipinski definition) is 10. The average Bonchev–Trinajstić information content (AvgIpc) is 1.02. The van der Waals surface area contributed by atoms with Crippen molar-refractivity contribution in [2.24, 2.45) is 0 Å². The molecule has 7 aromatic carbocycles. The Kier molecular flexibility index (Phi) is 23.3. The number of alkyl halides is 3. The highest BCUT2D eigenvalue weighted by Crippen LogP contribution is 2.42. The smallest absolute Gasteiger partial charge is 0.406 e. The van der Waals surface area contributed by atoms with E-state index in [9.17, 15) is 46.7 Å². The first-order valence-electron chi connectivity index (χ1n) is 31.4. The number of benzene rings is 7. The maximum absolute atomic E-state index is 12.7. The van der Waals surface area contributed by atoms with Gasteiger partial charge in [-0.3, -0.25) is 49.5 Å². The molecular formula is C74H70Cl3F3N6O8. The number of nitrogens with zero attached hydrogens (tertiary/aromatic N) is 3. The highest BCUT2D eigenvalue weighted by Gasteiger charge is 2.34. The fraction of sp³-hybridized carbons (Fsp3) is 0.270. The van der Waals surface area contributed by atoms with Crippen LogP contribution < -0.4 is 26.4 Å². The lowest BCUT2D eigenvalue weighted by Gasteiger charge is -2.29. The van der Waals surface area contributed by atoms with Crippen LogP contribution in [0.5, 0.6) is 0 Å². The summed E-state index contributed by atoms with van der Waals surface area (Å²) in [7, 11) is 0. The van der Waals surface area contributed by atoms with E-state index >= 15 is 0 Å². The van der Waals surface area contributed by atoms with Crippen molar-refractivity contribution in [3.8, 4) is 55.6 Å². The predicted molar refractivity (Wildman–Crippen MR) is 364 cm³/mol. The molecule has 9 aromatic rings. The Hall–Kier alpha value is -9.16. The molecule has 94 heavy (non-hydrogen) atoms. The van der Waals surface area contributed by atoms with Gasteiger partial charge in [-0.15, -0.1) is 0 Å². The Morgan fingerprint density at radius 1 is 0.468 bits per heavy atom. The highest BCUT2D eigenvalue weighted by molar-refractivity contribution is 6.35. The Morgan fingerprint density at radius 2 is 0.830 bits per heavy atom. The minimum atomic E-state index is -4.50. The lowest BCUT2D eigenvalue weighted by atomic mass is 9.88. The van der Waals surface area contributed by atoms with E-state index in [-0.39, 0.29) is 53.3 Å². The quantitative estimate of drug-likeness (QED) is 0.111. The second-order valence-corrected chi connectivity index (χ2v) is 23.5. The molecule has 3 unspecified atom stereocenters. The second-order valence-electron chi connectivity index (χ2n) is 22.4. The van der Waals surface area contributed by atoms with Gasteiger partial charge in [0.2, 0.25) is 35.4 Å². The molecule has 4 fully saturated rings. The number of anilines is 1. The zero-order chi connectivity index (χ0) is 67.2. The van der Waals surface area contributed by atoms with Gasteiger partial charge < -0.3 is 13.9 Å². The van der Waals surface area contributed by atoms with Gasteiger partial charge in [0.1, 0.15) is 12.1 Å². The molecule has 0 bridgehead atoms. The number of carbonyl (C=O) groups excluding carboxylic acids is 6. The number of oxazole rings is 1. The summed E-state index contributed by atoms with van der Waals surface area (Å²) in [5.41, 5.74) is 12.0. The first-order valence-corrected chi connectivity index (χ1v) is 32.5. The van der Waals surface area contributed by atoms with Crippen LogP contribution in [0.2, 0.25) is 15.1 Å². The molecule has 6 amide bonds. The number of para-hydroxylation sites is 1. The van der Waals surface area contributed by atoms with Gasteiger partial charge in [0.25, 0.3) is 5.56 Å². The monoisotopic (exact) mass is 1330 g/mol. The molecule has 0 saturated carbocycles. The zero-order valence-corrected chi connectivity index (χ0v) is 54.5. The van der Waals surface area contributed by atoms with E-state index in [0.29, 0.717) is 74.0 Å². The van der Waals surface area contributed by atoms with Crippen molar-refractivity contribution in [1.82, 2.24) is 25.5 Å². The number of pyridine rings is 1. The summed E-state index contributed by atoms with van der Waals surface area (Å²) in [6.07, 6.45) is 4.10. The molecule has 0 spiro atoms. The van der Waals surface area contributed by atoms with Crippen LogP contribution >= 0.6 is 34.8 Å². The molecule has 2 aromatic heterocycles. The van der Waals surface area contributed by atoms with E-state index in [0.717, 1.165) is 74.9 Å². The second kappa shape index (κ2) is 31.6. The van der Waals surface area contributed by atoms with Gasteiger partial charge in [0.15, 0.2) is 12.0 Å². The number of fused-ring (bicyclic) bond motifs is 1. The van der Waals surface area contributed by atoms with Gasteiger partial charge in [0, 0.05) is 72.1 Å². The Morgan fingerprint density at radius 3 is 1.23 bits per heavy atom. The molecule has 0 radical (unpaired) electrons. The lowest BCUT2D eigenvalue weighted by Crippen LogP contribution is -2.39. The van der Waals surface area contributed by atoms with Crippen LogP contribution in [0.25, 0.3) is 66.7 Å². The topological polar surface area (TPSA) is 190 Å². The van der Waals surface area contributed by atoms with Crippen molar-refractivity contribution in [2.45, 2.75) is 116 Å². The van der Waals surface area contributed by atoms with Crippen LogP contribution in [0, 0.1) is 0 Å². The third kappa shape index (κ3) is 16.2. The number of halogens is 6. The van der Waals surface area contributed by atoms with E-state index in [2.05, 4.69) is 50.1 Å². The van der Waals surface area contributed by atoms with Crippen molar-refractivity contribution >= 4 is 87.0 Å². The van der Waals surface area contributed by atoms with Crippen molar-refractivity contribution in [3.63, 3.8) is 0 Å². The normalized spacial score (nSPS) is 17.1. The third-order valence-corrected chi connectivity index (χ3v) is 17.8. The molecule has 0 aliphatic carbocycles. The summed E-state index contributed by atoms with van der Waals surface area (Å²) in [5.74, 6) is -3.02. The number of amides is 6. The first-order chi connectivity index (χ1) is 45.4. The van der Waals surface area contributed by atoms with Crippen LogP contribution in [0.4, 0.5) is 18.9 Å². The van der Waals surface area contributed by atoms with Crippen molar-refractivity contribution in [3.05, 3.63) is 212 Å². The summed E-state index contributed by atoms with van der Waals surface area (Å²) < 4.78 is 44.2. The van der Waals surface area contributed by atoms with E-state index in [1.807, 2.05) is 107 Å². The molecule has 4 aliphatic heterocycles. The molecule has 14 nitrogen and oxygen atoms in total. The summed E-state index contributed by atoms with van der Waals surface area (Å²) in [5, 5.41) is 8.66. The van der Waals surface area contributed by atoms with Gasteiger partial charge in [-0.1, -0.05) is 190 Å². The van der Waals surface area contributed by atoms with Crippen LogP contribution in [0.1, 0.15) is 120 Å². The summed E-state index contributed by atoms with van der Waals surface area (Å²) >= 11 is 20.0. The molecular weight excluding hydrogens is 1260 g/mol. The lowest BCUT2D eigenvalue weighted by molar-refractivity contribution is -0.141. The molecule has 3 atom stereocenters. The van der Waals surface area contributed by atoms with Crippen molar-refractivity contribution < 1.29 is 46.4 Å². The fourth-order valence-electron chi connectivity index (χ4n) is 12.0. The number of nitrogens with one attached hydrogen (secondary N) is 3. The molecule has 486 valence electrons.